The Morgan fingerprint density at radius 3 is 2.00 bits per heavy atom. The molecule has 9 heteroatoms. The molecule has 0 aliphatic heterocycles. The lowest BCUT2D eigenvalue weighted by Gasteiger charge is -2.08. The average molecular weight is 344 g/mol. The smallest absolute Gasteiger partial charge is 0.373 e. The van der Waals surface area contributed by atoms with Crippen LogP contribution >= 0.6 is 0 Å². The van der Waals surface area contributed by atoms with E-state index in [-0.39, 0.29) is 18.9 Å². The zero-order valence-electron chi connectivity index (χ0n) is 14.4. The Morgan fingerprint density at radius 1 is 1.00 bits per heavy atom. The van der Waals surface area contributed by atoms with Crippen molar-refractivity contribution < 1.29 is 28.8 Å². The number of carbonyl (C=O) groups excluding carboxylic acids is 1. The second kappa shape index (κ2) is 18.2. The predicted molar refractivity (Wildman–Crippen MR) is 91.6 cm³/mol. The number of hydrogen-bond acceptors (Lipinski definition) is 7. The first-order valence-corrected chi connectivity index (χ1v) is 8.09. The molecule has 0 rings (SSSR count). The fourth-order valence-corrected chi connectivity index (χ4v) is 1.50. The highest BCUT2D eigenvalue weighted by atomic mass is 16.6. The summed E-state index contributed by atoms with van der Waals surface area (Å²) in [7, 11) is -0.517. The van der Waals surface area contributed by atoms with Gasteiger partial charge in [0.2, 0.25) is 5.91 Å². The molecule has 0 radical (unpaired) electrons. The molecule has 0 unspecified atom stereocenters. The molecule has 0 saturated heterocycles. The first-order chi connectivity index (χ1) is 11.7. The molecule has 8 nitrogen and oxygen atoms in total. The molecule has 0 spiro atoms. The summed E-state index contributed by atoms with van der Waals surface area (Å²) in [5, 5.41) is 14.3. The minimum absolute atomic E-state index is 0.119. The van der Waals surface area contributed by atoms with Crippen molar-refractivity contribution in [2.24, 2.45) is 0 Å². The highest BCUT2D eigenvalue weighted by Gasteiger charge is 2.00. The van der Waals surface area contributed by atoms with Crippen LogP contribution in [-0.4, -0.2) is 83.9 Å². The Hall–Kier alpha value is -1.15. The molecular weight excluding hydrogens is 315 g/mol. The first kappa shape index (κ1) is 22.9. The van der Waals surface area contributed by atoms with Gasteiger partial charge in [0.05, 0.1) is 59.4 Å². The molecule has 0 fully saturated rings. The van der Waals surface area contributed by atoms with Crippen LogP contribution in [0.3, 0.4) is 0 Å². The van der Waals surface area contributed by atoms with Crippen molar-refractivity contribution in [3.8, 4) is 12.3 Å². The van der Waals surface area contributed by atoms with Gasteiger partial charge in [-0.25, -0.2) is 0 Å². The Labute approximate surface area is 144 Å². The minimum Gasteiger partial charge on any atom is -0.437 e. The number of rotatable bonds is 17. The van der Waals surface area contributed by atoms with Gasteiger partial charge in [-0.3, -0.25) is 4.79 Å². The van der Waals surface area contributed by atoms with Crippen molar-refractivity contribution in [2.45, 2.75) is 13.2 Å². The maximum absolute atomic E-state index is 11.2. The number of carbonyl (C=O) groups is 1. The Morgan fingerprint density at radius 2 is 1.50 bits per heavy atom. The average Bonchev–Trinajstić information content (AvgIpc) is 2.56. The van der Waals surface area contributed by atoms with Crippen molar-refractivity contribution >= 4 is 13.0 Å². The SMILES string of the molecule is C#CCNC(=O)CCOCCOCCOCCOCCNB(C)O. The third kappa shape index (κ3) is 18.9. The van der Waals surface area contributed by atoms with Gasteiger partial charge in [0.15, 0.2) is 0 Å². The molecule has 138 valence electrons. The number of terminal acetylenes is 1. The van der Waals surface area contributed by atoms with E-state index in [4.69, 9.17) is 30.4 Å². The fraction of sp³-hybridized carbons (Fsp3) is 0.800. The van der Waals surface area contributed by atoms with Crippen LogP contribution in [0.1, 0.15) is 6.42 Å². The molecular formula is C15H29BN2O6. The van der Waals surface area contributed by atoms with Crippen LogP contribution in [0.5, 0.6) is 0 Å². The van der Waals surface area contributed by atoms with E-state index in [0.29, 0.717) is 59.4 Å². The van der Waals surface area contributed by atoms with Crippen LogP contribution in [0.15, 0.2) is 0 Å². The maximum atomic E-state index is 11.2. The van der Waals surface area contributed by atoms with Crippen LogP contribution in [-0.2, 0) is 23.7 Å². The van der Waals surface area contributed by atoms with Crippen LogP contribution in [0, 0.1) is 12.3 Å². The van der Waals surface area contributed by atoms with Crippen molar-refractivity contribution in [1.82, 2.24) is 10.5 Å². The van der Waals surface area contributed by atoms with Crippen LogP contribution in [0.25, 0.3) is 0 Å². The normalized spacial score (nSPS) is 10.4. The summed E-state index contributed by atoms with van der Waals surface area (Å²) in [4.78, 5) is 11.2. The van der Waals surface area contributed by atoms with Crippen molar-refractivity contribution in [3.05, 3.63) is 0 Å². The molecule has 1 amide bonds. The summed E-state index contributed by atoms with van der Waals surface area (Å²) in [6, 6.07) is 0. The zero-order valence-corrected chi connectivity index (χ0v) is 14.4. The van der Waals surface area contributed by atoms with Gasteiger partial charge in [-0.15, -0.1) is 6.42 Å². The first-order valence-electron chi connectivity index (χ1n) is 8.09. The van der Waals surface area contributed by atoms with E-state index in [9.17, 15) is 4.79 Å². The van der Waals surface area contributed by atoms with Gasteiger partial charge in [0, 0.05) is 13.0 Å². The molecule has 0 atom stereocenters. The zero-order chi connectivity index (χ0) is 17.9. The van der Waals surface area contributed by atoms with Crippen molar-refractivity contribution in [1.29, 1.82) is 0 Å². The van der Waals surface area contributed by atoms with Crippen LogP contribution in [0.2, 0.25) is 6.82 Å². The number of hydrogen-bond donors (Lipinski definition) is 3. The van der Waals surface area contributed by atoms with Crippen LogP contribution < -0.4 is 10.5 Å². The summed E-state index contributed by atoms with van der Waals surface area (Å²) in [5.41, 5.74) is 0. The predicted octanol–water partition coefficient (Wildman–Crippen LogP) is -1.11. The molecule has 0 bridgehead atoms. The lowest BCUT2D eigenvalue weighted by Crippen LogP contribution is -2.33. The van der Waals surface area contributed by atoms with Gasteiger partial charge < -0.3 is 34.5 Å². The van der Waals surface area contributed by atoms with Crippen LogP contribution in [0.4, 0.5) is 0 Å². The molecule has 0 aliphatic carbocycles. The van der Waals surface area contributed by atoms with Gasteiger partial charge in [0.1, 0.15) is 0 Å². The van der Waals surface area contributed by atoms with E-state index in [1.165, 1.54) is 0 Å². The lowest BCUT2D eigenvalue weighted by atomic mass is 9.89. The summed E-state index contributed by atoms with van der Waals surface area (Å²) in [6.07, 6.45) is 5.32. The largest absolute Gasteiger partial charge is 0.437 e. The van der Waals surface area contributed by atoms with Gasteiger partial charge >= 0.3 is 7.05 Å². The van der Waals surface area contributed by atoms with E-state index in [0.717, 1.165) is 0 Å². The maximum Gasteiger partial charge on any atom is 0.373 e. The second-order valence-electron chi connectivity index (χ2n) is 4.81. The Balaban J connectivity index is 3.08. The highest BCUT2D eigenvalue weighted by molar-refractivity contribution is 6.45. The summed E-state index contributed by atoms with van der Waals surface area (Å²) in [5.74, 6) is 2.21. The van der Waals surface area contributed by atoms with Crippen molar-refractivity contribution in [3.63, 3.8) is 0 Å². The van der Waals surface area contributed by atoms with E-state index >= 15 is 0 Å². The molecule has 0 aliphatic rings. The van der Waals surface area contributed by atoms with Gasteiger partial charge in [-0.2, -0.15) is 0 Å². The van der Waals surface area contributed by atoms with E-state index in [1.54, 1.807) is 6.82 Å². The topological polar surface area (TPSA) is 98.3 Å². The summed E-state index contributed by atoms with van der Waals surface area (Å²) in [6.45, 7) is 6.25. The minimum atomic E-state index is -0.517. The summed E-state index contributed by atoms with van der Waals surface area (Å²) >= 11 is 0. The van der Waals surface area contributed by atoms with Crippen molar-refractivity contribution in [2.75, 3.05) is 65.9 Å². The molecule has 0 aromatic rings. The van der Waals surface area contributed by atoms with E-state index < -0.39 is 7.05 Å². The summed E-state index contributed by atoms with van der Waals surface area (Å²) < 4.78 is 21.2. The second-order valence-corrected chi connectivity index (χ2v) is 4.81. The molecule has 24 heavy (non-hydrogen) atoms. The van der Waals surface area contributed by atoms with E-state index in [1.807, 2.05) is 0 Å². The molecule has 0 aromatic carbocycles. The number of ether oxygens (including phenoxy) is 4. The molecule has 3 N–H and O–H groups in total. The molecule has 0 saturated carbocycles. The lowest BCUT2D eigenvalue weighted by molar-refractivity contribution is -0.122. The standard InChI is InChI=1S/C15H29BN2O6/c1-3-5-17-15(19)4-7-21-9-11-23-13-14-24-12-10-22-8-6-18-16(2)20/h1,18,20H,4-14H2,2H3,(H,17,19). The van der Waals surface area contributed by atoms with E-state index in [2.05, 4.69) is 16.5 Å². The number of amides is 1. The third-order valence-corrected chi connectivity index (χ3v) is 2.66. The Kier molecular flexibility index (Phi) is 17.3. The molecule has 0 heterocycles. The quantitative estimate of drug-likeness (QED) is 0.175. The molecule has 0 aromatic heterocycles. The van der Waals surface area contributed by atoms with Gasteiger partial charge in [-0.05, 0) is 6.82 Å². The van der Waals surface area contributed by atoms with Gasteiger partial charge in [-0.1, -0.05) is 5.92 Å². The Bertz CT molecular complexity index is 338. The third-order valence-electron chi connectivity index (χ3n) is 2.66. The number of nitrogens with one attached hydrogen (secondary N) is 2. The monoisotopic (exact) mass is 344 g/mol. The highest BCUT2D eigenvalue weighted by Crippen LogP contribution is 1.85. The van der Waals surface area contributed by atoms with Gasteiger partial charge in [0.25, 0.3) is 0 Å². The fourth-order valence-electron chi connectivity index (χ4n) is 1.50.